The Morgan fingerprint density at radius 1 is 0.794 bits per heavy atom. The molecule has 0 aromatic carbocycles. The molecule has 1 N–H and O–H groups in total. The minimum absolute atomic E-state index is 0.0107. The van der Waals surface area contributed by atoms with Crippen LogP contribution in [0.2, 0.25) is 0 Å². The van der Waals surface area contributed by atoms with Crippen molar-refractivity contribution in [1.82, 2.24) is 0 Å². The fraction of sp³-hybridized carbons (Fsp3) is 1.00. The van der Waals surface area contributed by atoms with Gasteiger partial charge < -0.3 is 9.84 Å². The summed E-state index contributed by atoms with van der Waals surface area (Å²) in [6.07, 6.45) is 15.1. The van der Waals surface area contributed by atoms with Gasteiger partial charge in [0.15, 0.2) is 0 Å². The Labute approximate surface area is 213 Å². The lowest BCUT2D eigenvalue weighted by Gasteiger charge is -2.61. The van der Waals surface area contributed by atoms with E-state index in [1.807, 2.05) is 13.8 Å². The molecular weight excluding hydrogens is 416 g/mol. The first-order chi connectivity index (χ1) is 16.1. The monoisotopic (exact) mass is 476 g/mol. The Morgan fingerprint density at radius 3 is 2.06 bits per heavy atom. The SMILES string of the molecule is CC(C)[C@@H](C)CC[C@@H](C)[C@H]1CC[C@H]2[C@@H]3CC[C@H]4C[C@@H](O)CC[C@]4(C)[C@H]3CC[C@]12C.CCOCC. The Balaban J connectivity index is 0.000000588. The van der Waals surface area contributed by atoms with Crippen LogP contribution in [0.15, 0.2) is 0 Å². The smallest absolute Gasteiger partial charge is 0.0543 e. The summed E-state index contributed by atoms with van der Waals surface area (Å²) >= 11 is 0. The first-order valence-electron chi connectivity index (χ1n) is 15.3. The van der Waals surface area contributed by atoms with E-state index in [0.29, 0.717) is 10.8 Å². The Bertz CT molecular complexity index is 614. The number of hydrogen-bond donors (Lipinski definition) is 1. The van der Waals surface area contributed by atoms with Gasteiger partial charge in [-0.15, -0.1) is 0 Å². The Kier molecular flexibility index (Phi) is 10.0. The molecule has 34 heavy (non-hydrogen) atoms. The molecule has 0 bridgehead atoms. The van der Waals surface area contributed by atoms with Crippen molar-refractivity contribution in [2.24, 2.45) is 58.2 Å². The summed E-state index contributed by atoms with van der Waals surface area (Å²) in [5.41, 5.74) is 1.14. The van der Waals surface area contributed by atoms with Gasteiger partial charge in [0, 0.05) is 13.2 Å². The lowest BCUT2D eigenvalue weighted by atomic mass is 9.44. The van der Waals surface area contributed by atoms with Gasteiger partial charge in [-0.25, -0.2) is 0 Å². The van der Waals surface area contributed by atoms with Gasteiger partial charge >= 0.3 is 0 Å². The van der Waals surface area contributed by atoms with Crippen molar-refractivity contribution in [3.8, 4) is 0 Å². The van der Waals surface area contributed by atoms with E-state index in [2.05, 4.69) is 41.5 Å². The molecule has 4 rings (SSSR count). The van der Waals surface area contributed by atoms with Gasteiger partial charge in [0.25, 0.3) is 0 Å². The predicted octanol–water partition coefficient (Wildman–Crippen LogP) is 8.76. The van der Waals surface area contributed by atoms with E-state index >= 15 is 0 Å². The van der Waals surface area contributed by atoms with Gasteiger partial charge in [-0.2, -0.15) is 0 Å². The van der Waals surface area contributed by atoms with E-state index in [1.54, 1.807) is 0 Å². The van der Waals surface area contributed by atoms with Crippen molar-refractivity contribution in [3.05, 3.63) is 0 Å². The van der Waals surface area contributed by atoms with Crippen LogP contribution in [0.4, 0.5) is 0 Å². The quantitative estimate of drug-likeness (QED) is 0.398. The Morgan fingerprint density at radius 2 is 1.44 bits per heavy atom. The molecular formula is C32H60O2. The van der Waals surface area contributed by atoms with Crippen molar-refractivity contribution in [1.29, 1.82) is 0 Å². The third kappa shape index (κ3) is 5.74. The van der Waals surface area contributed by atoms with Crippen LogP contribution >= 0.6 is 0 Å². The van der Waals surface area contributed by atoms with Gasteiger partial charge in [-0.05, 0) is 130 Å². The second-order valence-electron chi connectivity index (χ2n) is 13.9. The van der Waals surface area contributed by atoms with E-state index in [0.717, 1.165) is 73.4 Å². The molecule has 0 amide bonds. The van der Waals surface area contributed by atoms with Gasteiger partial charge in [0.1, 0.15) is 0 Å². The van der Waals surface area contributed by atoms with E-state index in [4.69, 9.17) is 4.74 Å². The molecule has 0 aromatic rings. The normalized spacial score (nSPS) is 43.2. The molecule has 0 saturated heterocycles. The fourth-order valence-corrected chi connectivity index (χ4v) is 9.48. The second-order valence-corrected chi connectivity index (χ2v) is 13.9. The molecule has 200 valence electrons. The molecule has 0 heterocycles. The molecule has 0 spiro atoms. The average molecular weight is 477 g/mol. The summed E-state index contributed by atoms with van der Waals surface area (Å²) in [4.78, 5) is 0. The minimum Gasteiger partial charge on any atom is -0.393 e. The molecule has 4 fully saturated rings. The molecule has 4 saturated carbocycles. The second kappa shape index (κ2) is 12.0. The van der Waals surface area contributed by atoms with Crippen LogP contribution in [-0.4, -0.2) is 24.4 Å². The van der Waals surface area contributed by atoms with E-state index in [1.165, 1.54) is 57.8 Å². The van der Waals surface area contributed by atoms with Crippen molar-refractivity contribution in [2.45, 2.75) is 132 Å². The van der Waals surface area contributed by atoms with Crippen molar-refractivity contribution < 1.29 is 9.84 Å². The van der Waals surface area contributed by atoms with Gasteiger partial charge in [0.05, 0.1) is 6.10 Å². The molecule has 4 aliphatic carbocycles. The van der Waals surface area contributed by atoms with Crippen molar-refractivity contribution in [2.75, 3.05) is 13.2 Å². The molecule has 4 aliphatic rings. The van der Waals surface area contributed by atoms with Gasteiger partial charge in [-0.3, -0.25) is 0 Å². The maximum absolute atomic E-state index is 10.3. The van der Waals surface area contributed by atoms with Crippen LogP contribution < -0.4 is 0 Å². The third-order valence-electron chi connectivity index (χ3n) is 12.0. The lowest BCUT2D eigenvalue weighted by Crippen LogP contribution is -2.54. The number of aliphatic hydroxyl groups excluding tert-OH is 1. The zero-order chi connectivity index (χ0) is 25.1. The maximum atomic E-state index is 10.3. The first-order valence-corrected chi connectivity index (χ1v) is 15.3. The van der Waals surface area contributed by atoms with Crippen LogP contribution in [0.25, 0.3) is 0 Å². The highest BCUT2D eigenvalue weighted by Gasteiger charge is 2.60. The average Bonchev–Trinajstić information content (AvgIpc) is 3.16. The highest BCUT2D eigenvalue weighted by molar-refractivity contribution is 5.09. The summed E-state index contributed by atoms with van der Waals surface area (Å²) in [6, 6.07) is 0. The van der Waals surface area contributed by atoms with E-state index in [-0.39, 0.29) is 6.10 Å². The summed E-state index contributed by atoms with van der Waals surface area (Å²) in [5.74, 6) is 7.28. The van der Waals surface area contributed by atoms with Gasteiger partial charge in [-0.1, -0.05) is 54.4 Å². The Hall–Kier alpha value is -0.0800. The highest BCUT2D eigenvalue weighted by Crippen LogP contribution is 2.68. The number of fused-ring (bicyclic) bond motifs is 5. The van der Waals surface area contributed by atoms with Gasteiger partial charge in [0.2, 0.25) is 0 Å². The summed E-state index contributed by atoms with van der Waals surface area (Å²) in [6.45, 7) is 20.9. The number of aliphatic hydroxyl groups is 1. The molecule has 10 atom stereocenters. The molecule has 2 nitrogen and oxygen atoms in total. The van der Waals surface area contributed by atoms with Crippen molar-refractivity contribution in [3.63, 3.8) is 0 Å². The highest BCUT2D eigenvalue weighted by atomic mass is 16.5. The minimum atomic E-state index is -0.0107. The number of rotatable bonds is 7. The van der Waals surface area contributed by atoms with E-state index in [9.17, 15) is 5.11 Å². The van der Waals surface area contributed by atoms with Crippen LogP contribution in [-0.2, 0) is 4.74 Å². The molecule has 0 radical (unpaired) electrons. The molecule has 0 aliphatic heterocycles. The molecule has 2 heteroatoms. The standard InChI is InChI=1S/C28H50O.C4H10O/c1-18(2)19(3)7-8-20(4)24-11-12-25-23-10-9-21-17-22(29)13-15-27(21,5)26(23)14-16-28(24,25)6;1-3-5-4-2/h18-26,29H,7-17H2,1-6H3;3-4H2,1-2H3/t19-,20+,21-,22-,23-,24+,25-,26-,27-,28+;/m0./s1. The van der Waals surface area contributed by atoms with Crippen molar-refractivity contribution >= 4 is 0 Å². The fourth-order valence-electron chi connectivity index (χ4n) is 9.48. The van der Waals surface area contributed by atoms with Crippen LogP contribution in [0.1, 0.15) is 126 Å². The van der Waals surface area contributed by atoms with Crippen LogP contribution in [0.5, 0.6) is 0 Å². The molecule has 0 aromatic heterocycles. The summed E-state index contributed by atoms with van der Waals surface area (Å²) in [5, 5.41) is 10.3. The largest absolute Gasteiger partial charge is 0.393 e. The van der Waals surface area contributed by atoms with Crippen LogP contribution in [0, 0.1) is 58.2 Å². The maximum Gasteiger partial charge on any atom is 0.0543 e. The molecule has 0 unspecified atom stereocenters. The number of ether oxygens (including phenoxy) is 1. The zero-order valence-corrected chi connectivity index (χ0v) is 24.2. The zero-order valence-electron chi connectivity index (χ0n) is 24.2. The summed E-state index contributed by atoms with van der Waals surface area (Å²) < 4.78 is 4.83. The lowest BCUT2D eigenvalue weighted by molar-refractivity contribution is -0.129. The summed E-state index contributed by atoms with van der Waals surface area (Å²) in [7, 11) is 0. The third-order valence-corrected chi connectivity index (χ3v) is 12.0. The predicted molar refractivity (Wildman–Crippen MR) is 146 cm³/mol. The van der Waals surface area contributed by atoms with E-state index < -0.39 is 0 Å². The first kappa shape index (κ1) is 28.5. The topological polar surface area (TPSA) is 29.5 Å². The van der Waals surface area contributed by atoms with Crippen LogP contribution in [0.3, 0.4) is 0 Å². The number of hydrogen-bond acceptors (Lipinski definition) is 2.